The van der Waals surface area contributed by atoms with Crippen molar-refractivity contribution in [1.82, 2.24) is 15.1 Å². The molecular formula is C12H21N3O2. The third-order valence-corrected chi connectivity index (χ3v) is 2.95. The summed E-state index contributed by atoms with van der Waals surface area (Å²) < 4.78 is 12.9. The smallest absolute Gasteiger partial charge is 0.159 e. The van der Waals surface area contributed by atoms with Crippen LogP contribution in [-0.2, 0) is 16.0 Å². The lowest BCUT2D eigenvalue weighted by Crippen LogP contribution is -2.25. The van der Waals surface area contributed by atoms with E-state index in [0.717, 1.165) is 19.5 Å². The lowest BCUT2D eigenvalue weighted by atomic mass is 10.1. The van der Waals surface area contributed by atoms with Crippen LogP contribution in [0.1, 0.15) is 31.9 Å². The molecule has 1 aromatic heterocycles. The van der Waals surface area contributed by atoms with Crippen LogP contribution in [0, 0.1) is 0 Å². The van der Waals surface area contributed by atoms with E-state index in [0.29, 0.717) is 13.2 Å². The molecule has 17 heavy (non-hydrogen) atoms. The van der Waals surface area contributed by atoms with Crippen molar-refractivity contribution in [2.75, 3.05) is 19.8 Å². The van der Waals surface area contributed by atoms with Crippen LogP contribution in [-0.4, -0.2) is 35.8 Å². The van der Waals surface area contributed by atoms with E-state index in [2.05, 4.69) is 30.5 Å². The van der Waals surface area contributed by atoms with Crippen LogP contribution in [0.5, 0.6) is 0 Å². The number of ether oxygens (including phenoxy) is 2. The van der Waals surface area contributed by atoms with Crippen molar-refractivity contribution in [2.24, 2.45) is 0 Å². The van der Waals surface area contributed by atoms with E-state index in [-0.39, 0.29) is 12.3 Å². The van der Waals surface area contributed by atoms with Gasteiger partial charge in [-0.2, -0.15) is 5.10 Å². The quantitative estimate of drug-likeness (QED) is 0.813. The molecule has 2 rings (SSSR count). The summed E-state index contributed by atoms with van der Waals surface area (Å²) in [6.45, 7) is 7.43. The van der Waals surface area contributed by atoms with Gasteiger partial charge >= 0.3 is 0 Å². The second-order valence-electron chi connectivity index (χ2n) is 4.15. The van der Waals surface area contributed by atoms with Gasteiger partial charge in [0.05, 0.1) is 19.4 Å². The minimum Gasteiger partial charge on any atom is -0.350 e. The monoisotopic (exact) mass is 239 g/mol. The number of rotatable bonds is 6. The van der Waals surface area contributed by atoms with Gasteiger partial charge in [-0.1, -0.05) is 6.92 Å². The van der Waals surface area contributed by atoms with E-state index in [4.69, 9.17) is 9.47 Å². The zero-order chi connectivity index (χ0) is 12.1. The third kappa shape index (κ3) is 3.28. The molecule has 1 N–H and O–H groups in total. The normalized spacial score (nSPS) is 18.7. The first-order valence-corrected chi connectivity index (χ1v) is 6.32. The van der Waals surface area contributed by atoms with E-state index < -0.39 is 0 Å². The maximum absolute atomic E-state index is 5.49. The topological polar surface area (TPSA) is 48.3 Å². The van der Waals surface area contributed by atoms with Gasteiger partial charge < -0.3 is 14.8 Å². The minimum absolute atomic E-state index is 0.0796. The summed E-state index contributed by atoms with van der Waals surface area (Å²) in [5, 5.41) is 7.76. The van der Waals surface area contributed by atoms with Crippen molar-refractivity contribution in [1.29, 1.82) is 0 Å². The zero-order valence-electron chi connectivity index (χ0n) is 10.6. The van der Waals surface area contributed by atoms with Crippen LogP contribution in [0.2, 0.25) is 0 Å². The average Bonchev–Trinajstić information content (AvgIpc) is 2.99. The van der Waals surface area contributed by atoms with Gasteiger partial charge in [0.25, 0.3) is 0 Å². The summed E-state index contributed by atoms with van der Waals surface area (Å²) in [5.41, 5.74) is 1.20. The summed E-state index contributed by atoms with van der Waals surface area (Å²) in [6.07, 6.45) is 4.76. The van der Waals surface area contributed by atoms with Crippen molar-refractivity contribution in [3.05, 3.63) is 18.0 Å². The Morgan fingerprint density at radius 1 is 1.47 bits per heavy atom. The number of hydrogen-bond acceptors (Lipinski definition) is 4. The van der Waals surface area contributed by atoms with Crippen LogP contribution in [0.25, 0.3) is 0 Å². The van der Waals surface area contributed by atoms with Crippen molar-refractivity contribution >= 4 is 0 Å². The molecule has 0 radical (unpaired) electrons. The molecule has 1 atom stereocenters. The second kappa shape index (κ2) is 6.14. The first kappa shape index (κ1) is 12.5. The molecule has 5 nitrogen and oxygen atoms in total. The van der Waals surface area contributed by atoms with E-state index >= 15 is 0 Å². The number of hydrogen-bond donors (Lipinski definition) is 1. The Labute approximate surface area is 102 Å². The third-order valence-electron chi connectivity index (χ3n) is 2.95. The van der Waals surface area contributed by atoms with Gasteiger partial charge in [-0.25, -0.2) is 0 Å². The standard InChI is InChI=1S/C12H21N3O2/c1-3-13-11(7-12-16-5-6-17-12)10-8-14-15(4-2)9-10/h8-9,11-13H,3-7H2,1-2H3. The Hall–Kier alpha value is -0.910. The molecule has 1 fully saturated rings. The first-order valence-electron chi connectivity index (χ1n) is 6.32. The molecule has 2 heterocycles. The number of nitrogens with one attached hydrogen (secondary N) is 1. The van der Waals surface area contributed by atoms with Crippen LogP contribution >= 0.6 is 0 Å². The van der Waals surface area contributed by atoms with E-state index in [1.165, 1.54) is 5.56 Å². The van der Waals surface area contributed by atoms with Gasteiger partial charge in [-0.3, -0.25) is 4.68 Å². The first-order chi connectivity index (χ1) is 8.33. The van der Waals surface area contributed by atoms with Gasteiger partial charge in [0.1, 0.15) is 0 Å². The molecular weight excluding hydrogens is 218 g/mol. The minimum atomic E-state index is -0.0796. The largest absolute Gasteiger partial charge is 0.350 e. The summed E-state index contributed by atoms with van der Waals surface area (Å²) >= 11 is 0. The van der Waals surface area contributed by atoms with Gasteiger partial charge in [0.2, 0.25) is 0 Å². The van der Waals surface area contributed by atoms with Gasteiger partial charge in [0.15, 0.2) is 6.29 Å². The molecule has 96 valence electrons. The zero-order valence-corrected chi connectivity index (χ0v) is 10.6. The van der Waals surface area contributed by atoms with Crippen LogP contribution in [0.4, 0.5) is 0 Å². The highest BCUT2D eigenvalue weighted by Gasteiger charge is 2.22. The summed E-state index contributed by atoms with van der Waals surface area (Å²) in [4.78, 5) is 0. The highest BCUT2D eigenvalue weighted by atomic mass is 16.7. The maximum Gasteiger partial charge on any atom is 0.159 e. The van der Waals surface area contributed by atoms with Crippen LogP contribution in [0.3, 0.4) is 0 Å². The highest BCUT2D eigenvalue weighted by Crippen LogP contribution is 2.21. The Balaban J connectivity index is 1.99. The van der Waals surface area contributed by atoms with Crippen molar-refractivity contribution in [3.63, 3.8) is 0 Å². The lowest BCUT2D eigenvalue weighted by Gasteiger charge is -2.19. The molecule has 1 aliphatic rings. The van der Waals surface area contributed by atoms with E-state index in [9.17, 15) is 0 Å². The molecule has 5 heteroatoms. The second-order valence-corrected chi connectivity index (χ2v) is 4.15. The molecule has 0 aromatic carbocycles. The Bertz CT molecular complexity index is 334. The van der Waals surface area contributed by atoms with Crippen molar-refractivity contribution in [3.8, 4) is 0 Å². The fourth-order valence-electron chi connectivity index (χ4n) is 2.05. The van der Waals surface area contributed by atoms with Crippen molar-refractivity contribution < 1.29 is 9.47 Å². The molecule has 1 unspecified atom stereocenters. The molecule has 0 saturated carbocycles. The van der Waals surface area contributed by atoms with Gasteiger partial charge in [-0.15, -0.1) is 0 Å². The van der Waals surface area contributed by atoms with E-state index in [1.807, 2.05) is 10.9 Å². The van der Waals surface area contributed by atoms with Crippen molar-refractivity contribution in [2.45, 2.75) is 39.1 Å². The van der Waals surface area contributed by atoms with Crippen LogP contribution in [0.15, 0.2) is 12.4 Å². The molecule has 0 aliphatic carbocycles. The Kier molecular flexibility index (Phi) is 4.53. The maximum atomic E-state index is 5.49. The van der Waals surface area contributed by atoms with Crippen LogP contribution < -0.4 is 5.32 Å². The summed E-state index contributed by atoms with van der Waals surface area (Å²) in [7, 11) is 0. The Morgan fingerprint density at radius 2 is 2.24 bits per heavy atom. The Morgan fingerprint density at radius 3 is 2.82 bits per heavy atom. The number of aryl methyl sites for hydroxylation is 1. The van der Waals surface area contributed by atoms with E-state index in [1.54, 1.807) is 0 Å². The molecule has 1 aromatic rings. The summed E-state index contributed by atoms with van der Waals surface area (Å²) in [5.74, 6) is 0. The van der Waals surface area contributed by atoms with Gasteiger partial charge in [-0.05, 0) is 13.5 Å². The van der Waals surface area contributed by atoms with Gasteiger partial charge in [0, 0.05) is 30.8 Å². The molecule has 1 aliphatic heterocycles. The molecule has 1 saturated heterocycles. The predicted molar refractivity (Wildman–Crippen MR) is 64.6 cm³/mol. The lowest BCUT2D eigenvalue weighted by molar-refractivity contribution is -0.0529. The average molecular weight is 239 g/mol. The molecule has 0 bridgehead atoms. The fraction of sp³-hybridized carbons (Fsp3) is 0.750. The number of nitrogens with zero attached hydrogens (tertiary/aromatic N) is 2. The molecule has 0 amide bonds. The SMILES string of the molecule is CCNC(CC1OCCO1)c1cnn(CC)c1. The molecule has 0 spiro atoms. The summed E-state index contributed by atoms with van der Waals surface area (Å²) in [6, 6.07) is 0.253. The predicted octanol–water partition coefficient (Wildman–Crippen LogP) is 1.32. The highest BCUT2D eigenvalue weighted by molar-refractivity contribution is 5.10. The number of aromatic nitrogens is 2. The fourth-order valence-corrected chi connectivity index (χ4v) is 2.05.